The fraction of sp³-hybridized carbons (Fsp3) is 0.500. The summed E-state index contributed by atoms with van der Waals surface area (Å²) in [4.78, 5) is 0. The molecule has 0 aliphatic rings. The number of rotatable bonds is 4. The lowest BCUT2D eigenvalue weighted by Gasteiger charge is -2.09. The monoisotopic (exact) mass is 193 g/mol. The molecule has 1 rings (SSSR count). The van der Waals surface area contributed by atoms with Crippen molar-refractivity contribution in [3.63, 3.8) is 0 Å². The third kappa shape index (κ3) is 2.74. The molecule has 0 spiro atoms. The minimum atomic E-state index is 0.195. The molecule has 0 bridgehead atoms. The van der Waals surface area contributed by atoms with Crippen molar-refractivity contribution in [3.05, 3.63) is 35.3 Å². The lowest BCUT2D eigenvalue weighted by Crippen LogP contribution is -2.13. The Morgan fingerprint density at radius 1 is 1.50 bits per heavy atom. The van der Waals surface area contributed by atoms with E-state index in [0.717, 1.165) is 17.9 Å². The topological polar surface area (TPSA) is 25.2 Å². The molecular weight excluding hydrogens is 174 g/mol. The summed E-state index contributed by atoms with van der Waals surface area (Å²) in [6.45, 7) is 6.28. The normalized spacial score (nSPS) is 12.6. The molecule has 0 aliphatic carbocycles. The van der Waals surface area contributed by atoms with E-state index in [-0.39, 0.29) is 6.04 Å². The Bertz CT molecular complexity index is 308. The van der Waals surface area contributed by atoms with E-state index in [9.17, 15) is 0 Å². The molecule has 0 saturated carbocycles. The maximum Gasteiger partial charge on any atom is 0.125 e. The van der Waals surface area contributed by atoms with Crippen molar-refractivity contribution >= 4 is 0 Å². The molecule has 0 radical (unpaired) electrons. The van der Waals surface area contributed by atoms with Gasteiger partial charge in [0.2, 0.25) is 0 Å². The minimum absolute atomic E-state index is 0.195. The van der Waals surface area contributed by atoms with E-state index in [1.54, 1.807) is 0 Å². The summed E-state index contributed by atoms with van der Waals surface area (Å²) in [6.07, 6.45) is 3.11. The first-order valence-electron chi connectivity index (χ1n) is 5.08. The van der Waals surface area contributed by atoms with Crippen LogP contribution in [0.25, 0.3) is 0 Å². The number of nitrogens with one attached hydrogen (secondary N) is 1. The van der Waals surface area contributed by atoms with E-state index in [4.69, 9.17) is 4.42 Å². The number of hydrogen-bond donors (Lipinski definition) is 1. The van der Waals surface area contributed by atoms with Gasteiger partial charge in [0, 0.05) is 6.42 Å². The molecule has 0 saturated heterocycles. The SMILES string of the molecule is CCc1ccc(C(C=C(C)C)NC)o1. The quantitative estimate of drug-likeness (QED) is 0.743. The fourth-order valence-electron chi connectivity index (χ4n) is 1.39. The third-order valence-electron chi connectivity index (χ3n) is 2.15. The smallest absolute Gasteiger partial charge is 0.125 e. The van der Waals surface area contributed by atoms with E-state index in [0.29, 0.717) is 0 Å². The Balaban J connectivity index is 2.84. The Labute approximate surface area is 86.0 Å². The highest BCUT2D eigenvalue weighted by molar-refractivity contribution is 5.17. The minimum Gasteiger partial charge on any atom is -0.464 e. The van der Waals surface area contributed by atoms with Crippen LogP contribution in [0.4, 0.5) is 0 Å². The second-order valence-corrected chi connectivity index (χ2v) is 3.67. The number of furan rings is 1. The van der Waals surface area contributed by atoms with Crippen LogP contribution in [0, 0.1) is 0 Å². The van der Waals surface area contributed by atoms with Crippen LogP contribution in [0.1, 0.15) is 38.3 Å². The molecule has 0 aromatic carbocycles. The van der Waals surface area contributed by atoms with Crippen LogP contribution in [0.3, 0.4) is 0 Å². The largest absolute Gasteiger partial charge is 0.464 e. The van der Waals surface area contributed by atoms with Crippen LogP contribution in [0.2, 0.25) is 0 Å². The third-order valence-corrected chi connectivity index (χ3v) is 2.15. The van der Waals surface area contributed by atoms with Gasteiger partial charge in [-0.2, -0.15) is 0 Å². The van der Waals surface area contributed by atoms with Crippen LogP contribution in [0.15, 0.2) is 28.2 Å². The first kappa shape index (κ1) is 11.1. The van der Waals surface area contributed by atoms with Gasteiger partial charge in [-0.25, -0.2) is 0 Å². The molecule has 1 aromatic rings. The highest BCUT2D eigenvalue weighted by Crippen LogP contribution is 2.19. The highest BCUT2D eigenvalue weighted by Gasteiger charge is 2.09. The fourth-order valence-corrected chi connectivity index (χ4v) is 1.39. The maximum absolute atomic E-state index is 5.68. The van der Waals surface area contributed by atoms with Crippen molar-refractivity contribution in [2.75, 3.05) is 7.05 Å². The molecule has 1 unspecified atom stereocenters. The number of likely N-dealkylation sites (N-methyl/N-ethyl adjacent to an activating group) is 1. The number of hydrogen-bond acceptors (Lipinski definition) is 2. The summed E-state index contributed by atoms with van der Waals surface area (Å²) in [6, 6.07) is 4.28. The van der Waals surface area contributed by atoms with Crippen molar-refractivity contribution in [2.45, 2.75) is 33.2 Å². The first-order chi connectivity index (χ1) is 6.67. The van der Waals surface area contributed by atoms with Gasteiger partial charge in [-0.1, -0.05) is 18.6 Å². The van der Waals surface area contributed by atoms with Gasteiger partial charge in [-0.3, -0.25) is 0 Å². The Hall–Kier alpha value is -1.02. The lowest BCUT2D eigenvalue weighted by molar-refractivity contribution is 0.438. The van der Waals surface area contributed by atoms with Gasteiger partial charge < -0.3 is 9.73 Å². The van der Waals surface area contributed by atoms with Crippen molar-refractivity contribution in [2.24, 2.45) is 0 Å². The summed E-state index contributed by atoms with van der Waals surface area (Å²) in [5.74, 6) is 2.04. The highest BCUT2D eigenvalue weighted by atomic mass is 16.3. The van der Waals surface area contributed by atoms with E-state index < -0.39 is 0 Å². The zero-order valence-electron chi connectivity index (χ0n) is 9.42. The van der Waals surface area contributed by atoms with Gasteiger partial charge in [0.15, 0.2) is 0 Å². The Kier molecular flexibility index (Phi) is 3.96. The van der Waals surface area contributed by atoms with Crippen LogP contribution < -0.4 is 5.32 Å². The van der Waals surface area contributed by atoms with E-state index in [2.05, 4.69) is 32.2 Å². The molecule has 1 atom stereocenters. The zero-order chi connectivity index (χ0) is 10.6. The molecule has 0 aliphatic heterocycles. The van der Waals surface area contributed by atoms with Crippen molar-refractivity contribution in [3.8, 4) is 0 Å². The Morgan fingerprint density at radius 3 is 2.64 bits per heavy atom. The molecule has 1 heterocycles. The molecule has 0 amide bonds. The summed E-state index contributed by atoms with van der Waals surface area (Å²) in [5, 5.41) is 3.22. The predicted octanol–water partition coefficient (Wildman–Crippen LogP) is 3.07. The van der Waals surface area contributed by atoms with Crippen LogP contribution >= 0.6 is 0 Å². The number of allylic oxidation sites excluding steroid dienone is 1. The average molecular weight is 193 g/mol. The lowest BCUT2D eigenvalue weighted by atomic mass is 10.1. The van der Waals surface area contributed by atoms with Crippen molar-refractivity contribution in [1.82, 2.24) is 5.32 Å². The van der Waals surface area contributed by atoms with Gasteiger partial charge >= 0.3 is 0 Å². The van der Waals surface area contributed by atoms with Gasteiger partial charge in [-0.05, 0) is 33.0 Å². The molecule has 2 heteroatoms. The van der Waals surface area contributed by atoms with E-state index in [1.165, 1.54) is 5.57 Å². The second kappa shape index (κ2) is 5.01. The van der Waals surface area contributed by atoms with Gasteiger partial charge in [-0.15, -0.1) is 0 Å². The maximum atomic E-state index is 5.68. The second-order valence-electron chi connectivity index (χ2n) is 3.67. The summed E-state index contributed by atoms with van der Waals surface area (Å²) >= 11 is 0. The van der Waals surface area contributed by atoms with Gasteiger partial charge in [0.05, 0.1) is 6.04 Å². The van der Waals surface area contributed by atoms with Crippen molar-refractivity contribution < 1.29 is 4.42 Å². The zero-order valence-corrected chi connectivity index (χ0v) is 9.42. The summed E-state index contributed by atoms with van der Waals surface area (Å²) in [7, 11) is 1.94. The molecule has 1 N–H and O–H groups in total. The molecule has 14 heavy (non-hydrogen) atoms. The molecule has 2 nitrogen and oxygen atoms in total. The van der Waals surface area contributed by atoms with E-state index >= 15 is 0 Å². The van der Waals surface area contributed by atoms with Crippen LogP contribution in [0.5, 0.6) is 0 Å². The molecule has 78 valence electrons. The molecular formula is C12H19NO. The van der Waals surface area contributed by atoms with Gasteiger partial charge in [0.25, 0.3) is 0 Å². The number of aryl methyl sites for hydroxylation is 1. The Morgan fingerprint density at radius 2 is 2.21 bits per heavy atom. The average Bonchev–Trinajstić information content (AvgIpc) is 2.62. The standard InChI is InChI=1S/C12H19NO/c1-5-10-6-7-12(14-10)11(13-4)8-9(2)3/h6-8,11,13H,5H2,1-4H3. The van der Waals surface area contributed by atoms with Crippen LogP contribution in [-0.4, -0.2) is 7.05 Å². The summed E-state index contributed by atoms with van der Waals surface area (Å²) in [5.41, 5.74) is 1.29. The molecule has 1 aromatic heterocycles. The first-order valence-corrected chi connectivity index (χ1v) is 5.08. The predicted molar refractivity (Wildman–Crippen MR) is 59.3 cm³/mol. The van der Waals surface area contributed by atoms with Crippen LogP contribution in [-0.2, 0) is 6.42 Å². The van der Waals surface area contributed by atoms with Crippen molar-refractivity contribution in [1.29, 1.82) is 0 Å². The summed E-state index contributed by atoms with van der Waals surface area (Å²) < 4.78 is 5.68. The van der Waals surface area contributed by atoms with Gasteiger partial charge in [0.1, 0.15) is 11.5 Å². The van der Waals surface area contributed by atoms with E-state index in [1.807, 2.05) is 19.2 Å². The molecule has 0 fully saturated rings.